The van der Waals surface area contributed by atoms with E-state index in [1.54, 1.807) is 12.0 Å². The van der Waals surface area contributed by atoms with Crippen molar-refractivity contribution < 1.29 is 23.8 Å². The Morgan fingerprint density at radius 1 is 1.21 bits per heavy atom. The van der Waals surface area contributed by atoms with Crippen LogP contribution in [0.4, 0.5) is 10.2 Å². The molecule has 0 spiro atoms. The molecule has 2 aromatic rings. The highest BCUT2D eigenvalue weighted by Gasteiger charge is 2.41. The van der Waals surface area contributed by atoms with Crippen molar-refractivity contribution in [3.63, 3.8) is 0 Å². The fourth-order valence-corrected chi connectivity index (χ4v) is 5.72. The number of rotatable bonds is 13. The number of unbranched alkanes of at least 4 members (excludes halogenated alkanes) is 2. The summed E-state index contributed by atoms with van der Waals surface area (Å²) in [7, 11) is 1.55. The zero-order chi connectivity index (χ0) is 26.5. The van der Waals surface area contributed by atoms with Gasteiger partial charge in [-0.05, 0) is 86.6 Å². The number of aliphatic carboxylic acids is 1. The second kappa shape index (κ2) is 12.4. The Bertz CT molecular complexity index is 1110. The quantitative estimate of drug-likeness (QED) is 0.357. The third kappa shape index (κ3) is 6.64. The smallest absolute Gasteiger partial charge is 0.325 e. The van der Waals surface area contributed by atoms with E-state index < -0.39 is 24.3 Å². The Balaban J connectivity index is 1.10. The SMILES string of the molecule is COc1ccc(CC2CC2)cc1[C@H](C(=O)O)N1C[C@H](F)[C@H](OCCCCCc2ccc3c(n2)NCCC3)C1. The molecule has 3 aliphatic rings. The molecule has 0 radical (unpaired) electrons. The number of methoxy groups -OCH3 is 1. The van der Waals surface area contributed by atoms with Crippen molar-refractivity contribution in [2.45, 2.75) is 76.1 Å². The van der Waals surface area contributed by atoms with Crippen molar-refractivity contribution >= 4 is 11.8 Å². The molecule has 3 atom stereocenters. The molecule has 1 aromatic heterocycles. The first-order chi connectivity index (χ1) is 18.5. The van der Waals surface area contributed by atoms with Crippen LogP contribution in [0.5, 0.6) is 5.75 Å². The van der Waals surface area contributed by atoms with E-state index in [-0.39, 0.29) is 13.1 Å². The summed E-state index contributed by atoms with van der Waals surface area (Å²) in [5.41, 5.74) is 4.11. The highest BCUT2D eigenvalue weighted by atomic mass is 19.1. The van der Waals surface area contributed by atoms with E-state index >= 15 is 0 Å². The third-order valence-corrected chi connectivity index (χ3v) is 8.00. The molecule has 2 aliphatic heterocycles. The van der Waals surface area contributed by atoms with Gasteiger partial charge in [0.2, 0.25) is 0 Å². The molecular weight excluding hydrogens is 485 g/mol. The summed E-state index contributed by atoms with van der Waals surface area (Å²) in [6.07, 6.45) is 7.54. The maximum absolute atomic E-state index is 14.9. The van der Waals surface area contributed by atoms with Crippen LogP contribution in [0, 0.1) is 5.92 Å². The largest absolute Gasteiger partial charge is 0.496 e. The van der Waals surface area contributed by atoms with Gasteiger partial charge in [0.15, 0.2) is 0 Å². The van der Waals surface area contributed by atoms with E-state index in [0.29, 0.717) is 23.8 Å². The number of aryl methyl sites for hydroxylation is 2. The molecule has 2 fully saturated rings. The fraction of sp³-hybridized carbons (Fsp3) is 0.600. The second-order valence-electron chi connectivity index (χ2n) is 11.0. The molecule has 8 heteroatoms. The summed E-state index contributed by atoms with van der Waals surface area (Å²) in [6, 6.07) is 9.13. The molecule has 3 heterocycles. The minimum Gasteiger partial charge on any atom is -0.496 e. The summed E-state index contributed by atoms with van der Waals surface area (Å²) < 4.78 is 26.4. The average molecular weight is 526 g/mol. The van der Waals surface area contributed by atoms with Crippen LogP contribution in [0.15, 0.2) is 30.3 Å². The number of anilines is 1. The van der Waals surface area contributed by atoms with Crippen molar-refractivity contribution in [1.29, 1.82) is 0 Å². The first-order valence-corrected chi connectivity index (χ1v) is 14.1. The molecule has 0 unspecified atom stereocenters. The van der Waals surface area contributed by atoms with Gasteiger partial charge in [-0.2, -0.15) is 0 Å². The van der Waals surface area contributed by atoms with Gasteiger partial charge >= 0.3 is 5.97 Å². The Kier molecular flexibility index (Phi) is 8.79. The molecule has 2 N–H and O–H groups in total. The summed E-state index contributed by atoms with van der Waals surface area (Å²) in [5, 5.41) is 13.5. The van der Waals surface area contributed by atoms with E-state index in [2.05, 4.69) is 17.4 Å². The lowest BCUT2D eigenvalue weighted by Gasteiger charge is -2.26. The third-order valence-electron chi connectivity index (χ3n) is 8.00. The Labute approximate surface area is 224 Å². The Hall–Kier alpha value is -2.71. The minimum atomic E-state index is -1.22. The zero-order valence-corrected chi connectivity index (χ0v) is 22.3. The van der Waals surface area contributed by atoms with Crippen LogP contribution in [-0.2, 0) is 28.8 Å². The fourth-order valence-electron chi connectivity index (χ4n) is 5.72. The van der Waals surface area contributed by atoms with Crippen molar-refractivity contribution in [2.24, 2.45) is 5.92 Å². The van der Waals surface area contributed by atoms with E-state index in [1.165, 1.54) is 18.4 Å². The summed E-state index contributed by atoms with van der Waals surface area (Å²) in [4.78, 5) is 18.8. The molecule has 7 nitrogen and oxygen atoms in total. The van der Waals surface area contributed by atoms with Crippen LogP contribution in [0.1, 0.15) is 67.0 Å². The number of ether oxygens (including phenoxy) is 2. The standard InChI is InChI=1S/C30H40FN3O4/c1-37-26-13-10-21(16-20-8-9-20)17-24(26)28(30(35)36)34-18-25(31)27(19-34)38-15-4-2-3-7-23-12-11-22-6-5-14-32-29(22)33-23/h10-13,17,20,25,27-28H,2-9,14-16,18-19H2,1H3,(H,32,33)(H,35,36)/t25-,27+,28+/m0/s1. The predicted molar refractivity (Wildman–Crippen MR) is 145 cm³/mol. The van der Waals surface area contributed by atoms with Gasteiger partial charge in [-0.1, -0.05) is 18.6 Å². The maximum atomic E-state index is 14.9. The number of benzene rings is 1. The van der Waals surface area contributed by atoms with Gasteiger partial charge in [0, 0.05) is 37.5 Å². The highest BCUT2D eigenvalue weighted by Crippen LogP contribution is 2.37. The molecule has 1 aromatic carbocycles. The van der Waals surface area contributed by atoms with Crippen molar-refractivity contribution in [2.75, 3.05) is 38.7 Å². The first-order valence-electron chi connectivity index (χ1n) is 14.1. The van der Waals surface area contributed by atoms with Crippen LogP contribution >= 0.6 is 0 Å². The van der Waals surface area contributed by atoms with Crippen molar-refractivity contribution in [3.8, 4) is 5.75 Å². The lowest BCUT2D eigenvalue weighted by Crippen LogP contribution is -2.34. The molecule has 0 bridgehead atoms. The van der Waals surface area contributed by atoms with Gasteiger partial charge in [0.1, 0.15) is 29.9 Å². The number of nitrogens with zero attached hydrogens (tertiary/aromatic N) is 2. The zero-order valence-electron chi connectivity index (χ0n) is 22.3. The number of aromatic nitrogens is 1. The van der Waals surface area contributed by atoms with Gasteiger partial charge in [0.05, 0.1) is 7.11 Å². The lowest BCUT2D eigenvalue weighted by atomic mass is 9.99. The number of hydrogen-bond acceptors (Lipinski definition) is 6. The summed E-state index contributed by atoms with van der Waals surface area (Å²) in [5.74, 6) is 1.25. The topological polar surface area (TPSA) is 83.9 Å². The first kappa shape index (κ1) is 26.9. The van der Waals surface area contributed by atoms with Crippen LogP contribution in [0.3, 0.4) is 0 Å². The highest BCUT2D eigenvalue weighted by molar-refractivity contribution is 5.77. The Morgan fingerprint density at radius 2 is 2.08 bits per heavy atom. The maximum Gasteiger partial charge on any atom is 0.325 e. The van der Waals surface area contributed by atoms with Gasteiger partial charge in [0.25, 0.3) is 0 Å². The Morgan fingerprint density at radius 3 is 2.87 bits per heavy atom. The number of halogens is 1. The van der Waals surface area contributed by atoms with Crippen molar-refractivity contribution in [1.82, 2.24) is 9.88 Å². The van der Waals surface area contributed by atoms with E-state index in [1.807, 2.05) is 18.2 Å². The van der Waals surface area contributed by atoms with Crippen LogP contribution < -0.4 is 10.1 Å². The lowest BCUT2D eigenvalue weighted by molar-refractivity contribution is -0.143. The number of carboxylic acids is 1. The van der Waals surface area contributed by atoms with Gasteiger partial charge in [-0.25, -0.2) is 9.37 Å². The van der Waals surface area contributed by atoms with E-state index in [4.69, 9.17) is 14.5 Å². The van der Waals surface area contributed by atoms with Gasteiger partial charge in [-0.3, -0.25) is 9.69 Å². The van der Waals surface area contributed by atoms with Crippen molar-refractivity contribution in [3.05, 3.63) is 52.7 Å². The predicted octanol–water partition coefficient (Wildman–Crippen LogP) is 4.98. The summed E-state index contributed by atoms with van der Waals surface area (Å²) in [6.45, 7) is 1.74. The normalized spacial score (nSPS) is 22.1. The number of likely N-dealkylation sites (tertiary alicyclic amines) is 1. The molecule has 1 saturated carbocycles. The molecule has 1 aliphatic carbocycles. The number of alkyl halides is 1. The number of carbonyl (C=O) groups is 1. The summed E-state index contributed by atoms with van der Waals surface area (Å²) >= 11 is 0. The molecule has 206 valence electrons. The second-order valence-corrected chi connectivity index (χ2v) is 11.0. The number of carboxylic acid groups (broad SMARTS) is 1. The molecule has 5 rings (SSSR count). The number of fused-ring (bicyclic) bond motifs is 1. The molecule has 1 saturated heterocycles. The van der Waals surface area contributed by atoms with Gasteiger partial charge < -0.3 is 19.9 Å². The van der Waals surface area contributed by atoms with E-state index in [9.17, 15) is 14.3 Å². The number of pyridine rings is 1. The van der Waals surface area contributed by atoms with Crippen LogP contribution in [-0.4, -0.2) is 66.6 Å². The monoisotopic (exact) mass is 525 g/mol. The van der Waals surface area contributed by atoms with E-state index in [0.717, 1.165) is 68.6 Å². The van der Waals surface area contributed by atoms with Crippen LogP contribution in [0.25, 0.3) is 0 Å². The molecule has 0 amide bonds. The molecular formula is C30H40FN3O4. The number of nitrogens with one attached hydrogen (secondary N) is 1. The average Bonchev–Trinajstić information content (AvgIpc) is 3.66. The van der Waals surface area contributed by atoms with Crippen LogP contribution in [0.2, 0.25) is 0 Å². The minimum absolute atomic E-state index is 0.0374. The van der Waals surface area contributed by atoms with Gasteiger partial charge in [-0.15, -0.1) is 0 Å². The number of hydrogen-bond donors (Lipinski definition) is 2. The molecule has 38 heavy (non-hydrogen) atoms.